The Morgan fingerprint density at radius 3 is 2.22 bits per heavy atom. The molecule has 0 amide bonds. The topological polar surface area (TPSA) is 103 Å². The molecule has 1 aromatic rings. The van der Waals surface area contributed by atoms with Gasteiger partial charge >= 0.3 is 5.69 Å². The van der Waals surface area contributed by atoms with E-state index in [1.165, 1.54) is 12.1 Å². The molecule has 6 nitrogen and oxygen atoms in total. The molecule has 18 heavy (non-hydrogen) atoms. The zero-order chi connectivity index (χ0) is 13.7. The Kier molecular flexibility index (Phi) is 3.89. The molecule has 1 N–H and O–H groups in total. The molecule has 0 spiro atoms. The molecule has 8 heteroatoms. The van der Waals surface area contributed by atoms with Gasteiger partial charge in [-0.3, -0.25) is 10.1 Å². The zero-order valence-corrected chi connectivity index (χ0v) is 8.65. The highest BCUT2D eigenvalue weighted by Crippen LogP contribution is 2.25. The van der Waals surface area contributed by atoms with Gasteiger partial charge in [0.2, 0.25) is 11.6 Å². The third-order valence-electron chi connectivity index (χ3n) is 1.82. The standard InChI is InChI=1S/C10H4F2N4O2/c11-8-1-7(15-5-6(3-13)4-14)2-9(12)10(8)16(17)18/h1-2,5,15H. The summed E-state index contributed by atoms with van der Waals surface area (Å²) in [5.74, 6) is -2.71. The van der Waals surface area contributed by atoms with Crippen LogP contribution in [0.2, 0.25) is 0 Å². The van der Waals surface area contributed by atoms with Crippen molar-refractivity contribution in [2.24, 2.45) is 0 Å². The SMILES string of the molecule is N#CC(C#N)=CNc1cc(F)c([N+](=O)[O-])c(F)c1. The van der Waals surface area contributed by atoms with Gasteiger partial charge in [0.15, 0.2) is 0 Å². The number of nitro benzene ring substituents is 1. The summed E-state index contributed by atoms with van der Waals surface area (Å²) in [6.07, 6.45) is 0.931. The minimum Gasteiger partial charge on any atom is -0.360 e. The molecule has 0 heterocycles. The first-order valence-corrected chi connectivity index (χ1v) is 4.40. The first-order chi connectivity index (χ1) is 8.49. The highest BCUT2D eigenvalue weighted by atomic mass is 19.1. The Bertz CT molecular complexity index is 574. The van der Waals surface area contributed by atoms with Gasteiger partial charge in [-0.15, -0.1) is 0 Å². The van der Waals surface area contributed by atoms with Crippen molar-refractivity contribution in [3.05, 3.63) is 45.7 Å². The average Bonchev–Trinajstić information content (AvgIpc) is 2.28. The molecule has 0 radical (unpaired) electrons. The van der Waals surface area contributed by atoms with Crippen LogP contribution in [-0.4, -0.2) is 4.92 Å². The Morgan fingerprint density at radius 1 is 1.33 bits per heavy atom. The van der Waals surface area contributed by atoms with Gasteiger partial charge in [0.05, 0.1) is 4.92 Å². The van der Waals surface area contributed by atoms with E-state index in [9.17, 15) is 18.9 Å². The number of benzene rings is 1. The van der Waals surface area contributed by atoms with Crippen LogP contribution in [0.25, 0.3) is 0 Å². The molecule has 0 bridgehead atoms. The van der Waals surface area contributed by atoms with Gasteiger partial charge in [-0.1, -0.05) is 0 Å². The largest absolute Gasteiger partial charge is 0.360 e. The summed E-state index contributed by atoms with van der Waals surface area (Å²) in [5, 5.41) is 29.4. The monoisotopic (exact) mass is 250 g/mol. The van der Waals surface area contributed by atoms with Gasteiger partial charge in [0, 0.05) is 24.0 Å². The van der Waals surface area contributed by atoms with Crippen LogP contribution in [0.3, 0.4) is 0 Å². The van der Waals surface area contributed by atoms with E-state index in [4.69, 9.17) is 10.5 Å². The third kappa shape index (κ3) is 2.77. The number of nitrogens with zero attached hydrogens (tertiary/aromatic N) is 3. The number of hydrogen-bond donors (Lipinski definition) is 1. The van der Waals surface area contributed by atoms with Crippen molar-refractivity contribution >= 4 is 11.4 Å². The van der Waals surface area contributed by atoms with Crippen LogP contribution in [0, 0.1) is 44.4 Å². The second kappa shape index (κ2) is 5.37. The Balaban J connectivity index is 3.10. The number of halogens is 2. The van der Waals surface area contributed by atoms with Crippen molar-refractivity contribution in [2.75, 3.05) is 5.32 Å². The van der Waals surface area contributed by atoms with E-state index in [2.05, 4.69) is 5.32 Å². The van der Waals surface area contributed by atoms with Gasteiger partial charge in [0.25, 0.3) is 0 Å². The summed E-state index contributed by atoms with van der Waals surface area (Å²) in [5.41, 5.74) is -1.72. The summed E-state index contributed by atoms with van der Waals surface area (Å²) in [6, 6.07) is 4.41. The fraction of sp³-hybridized carbons (Fsp3) is 0. The maximum absolute atomic E-state index is 13.2. The second-order valence-corrected chi connectivity index (χ2v) is 2.97. The van der Waals surface area contributed by atoms with Gasteiger partial charge in [-0.05, 0) is 0 Å². The fourth-order valence-electron chi connectivity index (χ4n) is 1.07. The third-order valence-corrected chi connectivity index (χ3v) is 1.82. The second-order valence-electron chi connectivity index (χ2n) is 2.97. The number of anilines is 1. The van der Waals surface area contributed by atoms with E-state index in [0.717, 1.165) is 6.20 Å². The molecule has 0 unspecified atom stereocenters. The Morgan fingerprint density at radius 2 is 1.83 bits per heavy atom. The van der Waals surface area contributed by atoms with Crippen LogP contribution in [0.4, 0.5) is 20.2 Å². The van der Waals surface area contributed by atoms with E-state index < -0.39 is 22.2 Å². The normalized spacial score (nSPS) is 8.89. The molecule has 1 rings (SSSR count). The first-order valence-electron chi connectivity index (χ1n) is 4.40. The number of allylic oxidation sites excluding steroid dienone is 1. The summed E-state index contributed by atoms with van der Waals surface area (Å²) < 4.78 is 26.4. The lowest BCUT2D eigenvalue weighted by atomic mass is 10.2. The van der Waals surface area contributed by atoms with Crippen molar-refractivity contribution in [3.63, 3.8) is 0 Å². The van der Waals surface area contributed by atoms with Gasteiger partial charge in [-0.2, -0.15) is 19.3 Å². The molecule has 0 aliphatic heterocycles. The lowest BCUT2D eigenvalue weighted by Crippen LogP contribution is -1.99. The molecule has 0 saturated heterocycles. The van der Waals surface area contributed by atoms with Crippen molar-refractivity contribution in [1.29, 1.82) is 10.5 Å². The predicted molar refractivity (Wildman–Crippen MR) is 55.9 cm³/mol. The highest BCUT2D eigenvalue weighted by Gasteiger charge is 2.21. The first kappa shape index (κ1) is 13.1. The van der Waals surface area contributed by atoms with Crippen LogP contribution in [-0.2, 0) is 0 Å². The van der Waals surface area contributed by atoms with Gasteiger partial charge < -0.3 is 5.32 Å². The minimum atomic E-state index is -1.36. The summed E-state index contributed by atoms with van der Waals surface area (Å²) in [4.78, 5) is 9.14. The molecular weight excluding hydrogens is 246 g/mol. The molecule has 0 fully saturated rings. The number of hydrogen-bond acceptors (Lipinski definition) is 5. The Hall–Kier alpha value is -3.00. The van der Waals surface area contributed by atoms with Crippen LogP contribution >= 0.6 is 0 Å². The average molecular weight is 250 g/mol. The maximum atomic E-state index is 13.2. The highest BCUT2D eigenvalue weighted by molar-refractivity contribution is 5.54. The van der Waals surface area contributed by atoms with E-state index in [0.29, 0.717) is 12.1 Å². The zero-order valence-electron chi connectivity index (χ0n) is 8.65. The lowest BCUT2D eigenvalue weighted by molar-refractivity contribution is -0.390. The minimum absolute atomic E-state index is 0.154. The van der Waals surface area contributed by atoms with Crippen molar-refractivity contribution < 1.29 is 13.7 Å². The molecule has 1 aromatic carbocycles. The molecule has 90 valence electrons. The van der Waals surface area contributed by atoms with E-state index in [-0.39, 0.29) is 11.3 Å². The van der Waals surface area contributed by atoms with Gasteiger partial charge in [0.1, 0.15) is 17.7 Å². The predicted octanol–water partition coefficient (Wildman–Crippen LogP) is 2.22. The number of nitrogens with one attached hydrogen (secondary N) is 1. The van der Waals surface area contributed by atoms with E-state index >= 15 is 0 Å². The Labute approximate surface area is 99.5 Å². The molecule has 0 aromatic heterocycles. The summed E-state index contributed by atoms with van der Waals surface area (Å²) in [6.45, 7) is 0. The van der Waals surface area contributed by atoms with Crippen molar-refractivity contribution in [3.8, 4) is 12.1 Å². The van der Waals surface area contributed by atoms with E-state index in [1.54, 1.807) is 0 Å². The molecule has 0 saturated carbocycles. The lowest BCUT2D eigenvalue weighted by Gasteiger charge is -2.02. The maximum Gasteiger partial charge on any atom is 0.340 e. The summed E-state index contributed by atoms with van der Waals surface area (Å²) in [7, 11) is 0. The van der Waals surface area contributed by atoms with E-state index in [1.807, 2.05) is 0 Å². The van der Waals surface area contributed by atoms with Crippen LogP contribution in [0.1, 0.15) is 0 Å². The molecule has 0 atom stereocenters. The fourth-order valence-corrected chi connectivity index (χ4v) is 1.07. The number of nitriles is 2. The molecular formula is C10H4F2N4O2. The smallest absolute Gasteiger partial charge is 0.340 e. The van der Waals surface area contributed by atoms with Crippen molar-refractivity contribution in [1.82, 2.24) is 0 Å². The quantitative estimate of drug-likeness (QED) is 0.503. The molecule has 0 aliphatic carbocycles. The number of nitro groups is 1. The van der Waals surface area contributed by atoms with Crippen molar-refractivity contribution in [2.45, 2.75) is 0 Å². The van der Waals surface area contributed by atoms with Crippen LogP contribution in [0.5, 0.6) is 0 Å². The van der Waals surface area contributed by atoms with Gasteiger partial charge in [-0.25, -0.2) is 0 Å². The number of rotatable bonds is 3. The van der Waals surface area contributed by atoms with Crippen LogP contribution < -0.4 is 5.32 Å². The van der Waals surface area contributed by atoms with Crippen LogP contribution in [0.15, 0.2) is 23.9 Å². The summed E-state index contributed by atoms with van der Waals surface area (Å²) >= 11 is 0. The molecule has 0 aliphatic rings.